The molecule has 3 nitrogen and oxygen atoms in total. The maximum atomic E-state index is 9.04. The lowest BCUT2D eigenvalue weighted by Gasteiger charge is -2.27. The molecule has 1 atom stereocenters. The molecule has 0 spiro atoms. The summed E-state index contributed by atoms with van der Waals surface area (Å²) in [6.45, 7) is 0.823. The van der Waals surface area contributed by atoms with Crippen molar-refractivity contribution >= 4 is 5.69 Å². The minimum absolute atomic E-state index is 0.0837. The molecule has 1 unspecified atom stereocenters. The maximum absolute atomic E-state index is 9.04. The molecule has 1 heterocycles. The first-order valence-corrected chi connectivity index (χ1v) is 6.55. The van der Waals surface area contributed by atoms with Gasteiger partial charge < -0.3 is 15.2 Å². The van der Waals surface area contributed by atoms with Crippen LogP contribution in [0.2, 0.25) is 0 Å². The van der Waals surface area contributed by atoms with E-state index in [0.717, 1.165) is 30.0 Å². The second-order valence-electron chi connectivity index (χ2n) is 4.73. The molecule has 1 aliphatic heterocycles. The van der Waals surface area contributed by atoms with Crippen molar-refractivity contribution in [2.75, 3.05) is 11.9 Å². The molecule has 0 aromatic heterocycles. The summed E-state index contributed by atoms with van der Waals surface area (Å²) in [5.41, 5.74) is 3.21. The van der Waals surface area contributed by atoms with Gasteiger partial charge in [0.05, 0.1) is 19.3 Å². The molecule has 2 N–H and O–H groups in total. The van der Waals surface area contributed by atoms with E-state index in [9.17, 15) is 0 Å². The molecule has 0 bridgehead atoms. The van der Waals surface area contributed by atoms with Crippen LogP contribution in [0.4, 0.5) is 5.69 Å². The fraction of sp³-hybridized carbons (Fsp3) is 0.250. The zero-order chi connectivity index (χ0) is 13.1. The third-order valence-corrected chi connectivity index (χ3v) is 3.44. The van der Waals surface area contributed by atoms with E-state index in [1.807, 2.05) is 42.5 Å². The Morgan fingerprint density at radius 3 is 2.68 bits per heavy atom. The van der Waals surface area contributed by atoms with Gasteiger partial charge in [-0.3, -0.25) is 0 Å². The molecule has 0 saturated carbocycles. The van der Waals surface area contributed by atoms with Crippen molar-refractivity contribution in [3.63, 3.8) is 0 Å². The van der Waals surface area contributed by atoms with Gasteiger partial charge in [0.25, 0.3) is 0 Å². The summed E-state index contributed by atoms with van der Waals surface area (Å²) in [5, 5.41) is 12.6. The Kier molecular flexibility index (Phi) is 3.38. The first-order chi connectivity index (χ1) is 9.36. The summed E-state index contributed by atoms with van der Waals surface area (Å²) < 4.78 is 5.65. The Balaban J connectivity index is 1.80. The van der Waals surface area contributed by atoms with Crippen LogP contribution in [-0.2, 0) is 6.61 Å². The normalized spacial score (nSPS) is 17.4. The number of benzene rings is 2. The summed E-state index contributed by atoms with van der Waals surface area (Å²) in [4.78, 5) is 0. The van der Waals surface area contributed by atoms with Gasteiger partial charge in [0.2, 0.25) is 0 Å². The molecule has 1 aliphatic rings. The molecule has 0 fully saturated rings. The summed E-state index contributed by atoms with van der Waals surface area (Å²) in [6.07, 6.45) is 0.957. The second-order valence-corrected chi connectivity index (χ2v) is 4.73. The summed E-state index contributed by atoms with van der Waals surface area (Å²) >= 11 is 0. The summed E-state index contributed by atoms with van der Waals surface area (Å²) in [5.74, 6) is 0.971. The largest absolute Gasteiger partial charge is 0.493 e. The molecular formula is C16H17NO2. The minimum atomic E-state index is 0.0837. The van der Waals surface area contributed by atoms with Gasteiger partial charge in [0.1, 0.15) is 5.75 Å². The summed E-state index contributed by atoms with van der Waals surface area (Å²) in [7, 11) is 0. The van der Waals surface area contributed by atoms with Crippen LogP contribution in [-0.4, -0.2) is 11.7 Å². The number of fused-ring (bicyclic) bond motifs is 1. The van der Waals surface area contributed by atoms with Gasteiger partial charge >= 0.3 is 0 Å². The number of ether oxygens (including phenoxy) is 1. The fourth-order valence-corrected chi connectivity index (χ4v) is 2.40. The molecule has 19 heavy (non-hydrogen) atoms. The topological polar surface area (TPSA) is 41.5 Å². The van der Waals surface area contributed by atoms with Gasteiger partial charge in [-0.05, 0) is 23.8 Å². The van der Waals surface area contributed by atoms with E-state index in [4.69, 9.17) is 9.84 Å². The molecule has 3 heteroatoms. The van der Waals surface area contributed by atoms with Crippen molar-refractivity contribution in [2.24, 2.45) is 0 Å². The van der Waals surface area contributed by atoms with Crippen LogP contribution in [0.15, 0.2) is 48.5 Å². The molecular weight excluding hydrogens is 238 g/mol. The van der Waals surface area contributed by atoms with E-state index in [0.29, 0.717) is 0 Å². The number of nitrogens with one attached hydrogen (secondary N) is 1. The number of rotatable bonds is 3. The molecule has 98 valence electrons. The highest BCUT2D eigenvalue weighted by atomic mass is 16.5. The fourth-order valence-electron chi connectivity index (χ4n) is 2.40. The molecule has 0 saturated heterocycles. The lowest BCUT2D eigenvalue weighted by Crippen LogP contribution is -2.20. The van der Waals surface area contributed by atoms with Gasteiger partial charge in [-0.25, -0.2) is 0 Å². The Bertz CT molecular complexity index is 551. The second kappa shape index (κ2) is 5.33. The number of anilines is 1. The Morgan fingerprint density at radius 2 is 1.89 bits per heavy atom. The zero-order valence-corrected chi connectivity index (χ0v) is 10.7. The van der Waals surface area contributed by atoms with Crippen LogP contribution in [0.5, 0.6) is 5.75 Å². The molecule has 2 aromatic carbocycles. The smallest absolute Gasteiger partial charge is 0.124 e. The third kappa shape index (κ3) is 2.56. The highest BCUT2D eigenvalue weighted by Gasteiger charge is 2.20. The van der Waals surface area contributed by atoms with Crippen molar-refractivity contribution in [3.8, 4) is 5.75 Å². The standard InChI is InChI=1S/C16H17NO2/c18-11-12-5-7-13(8-6-12)17-15-9-10-19-16-4-2-1-3-14(15)16/h1-8,15,17-18H,9-11H2. The van der Waals surface area contributed by atoms with Crippen LogP contribution in [0.25, 0.3) is 0 Å². The van der Waals surface area contributed by atoms with Crippen LogP contribution in [0.3, 0.4) is 0 Å². The molecule has 2 aromatic rings. The average Bonchev–Trinajstić information content (AvgIpc) is 2.48. The van der Waals surface area contributed by atoms with Crippen molar-refractivity contribution in [1.29, 1.82) is 0 Å². The lowest BCUT2D eigenvalue weighted by molar-refractivity contribution is 0.274. The first kappa shape index (κ1) is 12.1. The van der Waals surface area contributed by atoms with Crippen LogP contribution >= 0.6 is 0 Å². The molecule has 0 aliphatic carbocycles. The van der Waals surface area contributed by atoms with Crippen LogP contribution < -0.4 is 10.1 Å². The van der Waals surface area contributed by atoms with Gasteiger partial charge in [-0.1, -0.05) is 30.3 Å². The number of hydrogen-bond acceptors (Lipinski definition) is 3. The number of para-hydroxylation sites is 1. The van der Waals surface area contributed by atoms with Gasteiger partial charge in [0.15, 0.2) is 0 Å². The molecule has 3 rings (SSSR count). The van der Waals surface area contributed by atoms with Gasteiger partial charge in [-0.2, -0.15) is 0 Å². The predicted octanol–water partition coefficient (Wildman–Crippen LogP) is 3.11. The van der Waals surface area contributed by atoms with Crippen molar-refractivity contribution in [3.05, 3.63) is 59.7 Å². The van der Waals surface area contributed by atoms with Gasteiger partial charge in [0, 0.05) is 17.7 Å². The monoisotopic (exact) mass is 255 g/mol. The predicted molar refractivity (Wildman–Crippen MR) is 75.3 cm³/mol. The van der Waals surface area contributed by atoms with E-state index in [-0.39, 0.29) is 12.6 Å². The zero-order valence-electron chi connectivity index (χ0n) is 10.7. The van der Waals surface area contributed by atoms with Crippen molar-refractivity contribution in [2.45, 2.75) is 19.1 Å². The minimum Gasteiger partial charge on any atom is -0.493 e. The number of aliphatic hydroxyl groups excluding tert-OH is 1. The van der Waals surface area contributed by atoms with Crippen molar-refractivity contribution < 1.29 is 9.84 Å². The first-order valence-electron chi connectivity index (χ1n) is 6.55. The van der Waals surface area contributed by atoms with E-state index in [1.54, 1.807) is 0 Å². The van der Waals surface area contributed by atoms with Crippen LogP contribution in [0, 0.1) is 0 Å². The maximum Gasteiger partial charge on any atom is 0.124 e. The van der Waals surface area contributed by atoms with Crippen molar-refractivity contribution in [1.82, 2.24) is 0 Å². The number of aliphatic hydroxyl groups is 1. The van der Waals surface area contributed by atoms with Crippen LogP contribution in [0.1, 0.15) is 23.6 Å². The van der Waals surface area contributed by atoms with E-state index in [1.165, 1.54) is 5.56 Å². The Labute approximate surface area is 112 Å². The van der Waals surface area contributed by atoms with Gasteiger partial charge in [-0.15, -0.1) is 0 Å². The molecule has 0 radical (unpaired) electrons. The highest BCUT2D eigenvalue weighted by Crippen LogP contribution is 2.33. The molecule has 0 amide bonds. The Morgan fingerprint density at radius 1 is 1.11 bits per heavy atom. The van der Waals surface area contributed by atoms with E-state index < -0.39 is 0 Å². The number of hydrogen-bond donors (Lipinski definition) is 2. The highest BCUT2D eigenvalue weighted by molar-refractivity contribution is 5.49. The van der Waals surface area contributed by atoms with E-state index in [2.05, 4.69) is 11.4 Å². The third-order valence-electron chi connectivity index (χ3n) is 3.44. The average molecular weight is 255 g/mol. The SMILES string of the molecule is OCc1ccc(NC2CCOc3ccccc32)cc1. The lowest BCUT2D eigenvalue weighted by atomic mass is 10.0. The summed E-state index contributed by atoms with van der Waals surface area (Å²) in [6, 6.07) is 16.3. The Hall–Kier alpha value is -2.00. The van der Waals surface area contributed by atoms with E-state index >= 15 is 0 Å². The quantitative estimate of drug-likeness (QED) is 0.885.